The quantitative estimate of drug-likeness (QED) is 0.302. The monoisotopic (exact) mass is 422 g/mol. The molecule has 3 aromatic rings. The lowest BCUT2D eigenvalue weighted by Gasteiger charge is -2.08. The van der Waals surface area contributed by atoms with Crippen molar-refractivity contribution in [1.82, 2.24) is 14.9 Å². The minimum absolute atomic E-state index is 0.0628. The first-order valence-corrected chi connectivity index (χ1v) is 9.79. The number of halogens is 2. The first-order chi connectivity index (χ1) is 14.1. The summed E-state index contributed by atoms with van der Waals surface area (Å²) < 4.78 is 41.2. The zero-order chi connectivity index (χ0) is 20.6. The van der Waals surface area contributed by atoms with Crippen molar-refractivity contribution in [2.75, 3.05) is 24.8 Å². The number of alkyl halides is 2. The van der Waals surface area contributed by atoms with Crippen LogP contribution in [0.25, 0.3) is 11.4 Å². The van der Waals surface area contributed by atoms with Crippen LogP contribution >= 0.6 is 11.8 Å². The molecule has 7 nitrogen and oxygen atoms in total. The molecule has 0 aliphatic carbocycles. The zero-order valence-electron chi connectivity index (χ0n) is 15.6. The second-order valence-electron chi connectivity index (χ2n) is 5.68. The highest BCUT2D eigenvalue weighted by Gasteiger charge is 2.13. The van der Waals surface area contributed by atoms with E-state index in [4.69, 9.17) is 15.3 Å². The van der Waals surface area contributed by atoms with E-state index in [9.17, 15) is 8.78 Å². The van der Waals surface area contributed by atoms with Crippen LogP contribution in [0.1, 0.15) is 6.92 Å². The van der Waals surface area contributed by atoms with Crippen molar-refractivity contribution in [3.05, 3.63) is 48.5 Å². The summed E-state index contributed by atoms with van der Waals surface area (Å²) in [6, 6.07) is 13.4. The molecule has 0 unspecified atom stereocenters. The number of nitrogen functional groups attached to an aromatic ring is 1. The van der Waals surface area contributed by atoms with E-state index in [1.54, 1.807) is 12.1 Å². The molecule has 0 amide bonds. The minimum Gasteiger partial charge on any atom is -0.494 e. The molecule has 2 aromatic carbocycles. The minimum atomic E-state index is -2.87. The molecule has 0 bridgehead atoms. The molecular formula is C19H20F2N4O3S. The van der Waals surface area contributed by atoms with E-state index in [2.05, 4.69) is 14.9 Å². The average molecular weight is 422 g/mol. The van der Waals surface area contributed by atoms with Crippen molar-refractivity contribution in [3.63, 3.8) is 0 Å². The van der Waals surface area contributed by atoms with E-state index >= 15 is 0 Å². The number of hydrogen-bond acceptors (Lipinski definition) is 7. The Bertz CT molecular complexity index is 905. The van der Waals surface area contributed by atoms with Crippen molar-refractivity contribution in [2.24, 2.45) is 0 Å². The van der Waals surface area contributed by atoms with Crippen LogP contribution in [-0.2, 0) is 0 Å². The number of nitrogens with two attached hydrogens (primary N) is 1. The summed E-state index contributed by atoms with van der Waals surface area (Å²) in [7, 11) is 0. The van der Waals surface area contributed by atoms with Gasteiger partial charge in [-0.05, 0) is 55.5 Å². The Labute approximate surface area is 170 Å². The van der Waals surface area contributed by atoms with Gasteiger partial charge in [0, 0.05) is 11.3 Å². The highest BCUT2D eigenvalue weighted by atomic mass is 32.2. The maximum absolute atomic E-state index is 12.2. The highest BCUT2D eigenvalue weighted by molar-refractivity contribution is 7.99. The third-order valence-electron chi connectivity index (χ3n) is 3.72. The van der Waals surface area contributed by atoms with Gasteiger partial charge in [0.2, 0.25) is 5.16 Å². The van der Waals surface area contributed by atoms with Crippen molar-refractivity contribution in [3.8, 4) is 28.6 Å². The molecule has 0 saturated heterocycles. The third kappa shape index (κ3) is 5.74. The van der Waals surface area contributed by atoms with Crippen molar-refractivity contribution < 1.29 is 23.0 Å². The van der Waals surface area contributed by atoms with Gasteiger partial charge in [0.15, 0.2) is 5.82 Å². The van der Waals surface area contributed by atoms with E-state index in [0.29, 0.717) is 35.5 Å². The molecule has 29 heavy (non-hydrogen) atoms. The Morgan fingerprint density at radius 3 is 2.21 bits per heavy atom. The summed E-state index contributed by atoms with van der Waals surface area (Å²) >= 11 is 1.40. The Morgan fingerprint density at radius 2 is 1.59 bits per heavy atom. The van der Waals surface area contributed by atoms with E-state index < -0.39 is 6.61 Å². The molecule has 0 spiro atoms. The SMILES string of the molecule is CCOc1ccc(OCCSc2nnc(-c3ccc(OC(F)F)cc3)n2N)cc1. The van der Waals surface area contributed by atoms with Gasteiger partial charge in [-0.1, -0.05) is 11.8 Å². The predicted octanol–water partition coefficient (Wildman–Crippen LogP) is 3.83. The van der Waals surface area contributed by atoms with Crippen LogP contribution < -0.4 is 20.1 Å². The maximum atomic E-state index is 12.2. The van der Waals surface area contributed by atoms with E-state index in [1.807, 2.05) is 31.2 Å². The number of thioether (sulfide) groups is 1. The Hall–Kier alpha value is -3.01. The number of ether oxygens (including phenoxy) is 3. The summed E-state index contributed by atoms with van der Waals surface area (Å²) in [5, 5.41) is 8.65. The molecule has 3 rings (SSSR count). The lowest BCUT2D eigenvalue weighted by atomic mass is 10.2. The predicted molar refractivity (Wildman–Crippen MR) is 106 cm³/mol. The topological polar surface area (TPSA) is 84.4 Å². The van der Waals surface area contributed by atoms with Crippen LogP contribution in [0, 0.1) is 0 Å². The van der Waals surface area contributed by atoms with Gasteiger partial charge < -0.3 is 20.1 Å². The van der Waals surface area contributed by atoms with E-state index in [-0.39, 0.29) is 5.75 Å². The van der Waals surface area contributed by atoms with Crippen LogP contribution in [0.4, 0.5) is 8.78 Å². The summed E-state index contributed by atoms with van der Waals surface area (Å²) in [4.78, 5) is 0. The Balaban J connectivity index is 1.51. The van der Waals surface area contributed by atoms with Gasteiger partial charge in [-0.25, -0.2) is 4.68 Å². The number of aromatic nitrogens is 3. The fraction of sp³-hybridized carbons (Fsp3) is 0.263. The number of nitrogens with zero attached hydrogens (tertiary/aromatic N) is 3. The van der Waals surface area contributed by atoms with Gasteiger partial charge in [0.1, 0.15) is 17.2 Å². The van der Waals surface area contributed by atoms with Crippen molar-refractivity contribution in [2.45, 2.75) is 18.7 Å². The van der Waals surface area contributed by atoms with Crippen LogP contribution in [-0.4, -0.2) is 40.5 Å². The largest absolute Gasteiger partial charge is 0.494 e. The standard InChI is InChI=1S/C19H20F2N4O3S/c1-2-26-14-7-9-15(10-8-14)27-11-12-29-19-24-23-17(25(19)22)13-3-5-16(6-4-13)28-18(20)21/h3-10,18H,2,11-12,22H2,1H3. The molecule has 0 aliphatic heterocycles. The van der Waals surface area contributed by atoms with Crippen molar-refractivity contribution in [1.29, 1.82) is 0 Å². The van der Waals surface area contributed by atoms with Crippen LogP contribution in [0.2, 0.25) is 0 Å². The van der Waals surface area contributed by atoms with E-state index in [1.165, 1.54) is 28.6 Å². The molecule has 0 atom stereocenters. The van der Waals surface area contributed by atoms with Gasteiger partial charge in [0.05, 0.1) is 13.2 Å². The number of hydrogen-bond donors (Lipinski definition) is 1. The Morgan fingerprint density at radius 1 is 0.966 bits per heavy atom. The summed E-state index contributed by atoms with van der Waals surface area (Å²) in [5.74, 6) is 8.70. The van der Waals surface area contributed by atoms with Crippen LogP contribution in [0.3, 0.4) is 0 Å². The van der Waals surface area contributed by atoms with Gasteiger partial charge in [-0.2, -0.15) is 8.78 Å². The zero-order valence-corrected chi connectivity index (χ0v) is 16.4. The van der Waals surface area contributed by atoms with Gasteiger partial charge >= 0.3 is 6.61 Å². The molecular weight excluding hydrogens is 402 g/mol. The molecule has 2 N–H and O–H groups in total. The maximum Gasteiger partial charge on any atom is 0.387 e. The van der Waals surface area contributed by atoms with Crippen molar-refractivity contribution >= 4 is 11.8 Å². The first kappa shape index (κ1) is 20.7. The fourth-order valence-corrected chi connectivity index (χ4v) is 3.12. The van der Waals surface area contributed by atoms with Crippen LogP contribution in [0.15, 0.2) is 53.7 Å². The Kier molecular flexibility index (Phi) is 7.12. The normalized spacial score (nSPS) is 10.9. The van der Waals surface area contributed by atoms with E-state index in [0.717, 1.165) is 11.5 Å². The fourth-order valence-electron chi connectivity index (χ4n) is 2.45. The summed E-state index contributed by atoms with van der Waals surface area (Å²) in [5.41, 5.74) is 0.638. The van der Waals surface area contributed by atoms with Gasteiger partial charge in [-0.15, -0.1) is 10.2 Å². The molecule has 0 radical (unpaired) electrons. The average Bonchev–Trinajstić information content (AvgIpc) is 3.07. The lowest BCUT2D eigenvalue weighted by Crippen LogP contribution is -2.12. The molecule has 10 heteroatoms. The highest BCUT2D eigenvalue weighted by Crippen LogP contribution is 2.24. The summed E-state index contributed by atoms with van der Waals surface area (Å²) in [6.07, 6.45) is 0. The lowest BCUT2D eigenvalue weighted by molar-refractivity contribution is -0.0498. The molecule has 0 fully saturated rings. The molecule has 1 aromatic heterocycles. The summed E-state index contributed by atoms with van der Waals surface area (Å²) in [6.45, 7) is 0.138. The third-order valence-corrected chi connectivity index (χ3v) is 4.63. The van der Waals surface area contributed by atoms with Crippen LogP contribution in [0.5, 0.6) is 17.2 Å². The van der Waals surface area contributed by atoms with Gasteiger partial charge in [-0.3, -0.25) is 0 Å². The van der Waals surface area contributed by atoms with Gasteiger partial charge in [0.25, 0.3) is 0 Å². The molecule has 0 aliphatic rings. The number of rotatable bonds is 10. The second kappa shape index (κ2) is 9.97. The molecule has 154 valence electrons. The second-order valence-corrected chi connectivity index (χ2v) is 6.74. The molecule has 0 saturated carbocycles. The number of benzene rings is 2. The smallest absolute Gasteiger partial charge is 0.387 e. The first-order valence-electron chi connectivity index (χ1n) is 8.81. The molecule has 1 heterocycles.